The largest absolute Gasteiger partial charge is 0.0651 e. The van der Waals surface area contributed by atoms with Crippen LogP contribution >= 0.6 is 0 Å². The average Bonchev–Trinajstić information content (AvgIpc) is 2.17. The molecule has 0 amide bonds. The molecular formula is C14H28. The smallest absolute Gasteiger partial charge is 0.0300 e. The van der Waals surface area contributed by atoms with Crippen molar-refractivity contribution >= 4 is 0 Å². The fourth-order valence-corrected chi connectivity index (χ4v) is 3.10. The van der Waals surface area contributed by atoms with Gasteiger partial charge in [-0.1, -0.05) is 60.3 Å². The van der Waals surface area contributed by atoms with Gasteiger partial charge in [0, 0.05) is 0 Å². The van der Waals surface area contributed by atoms with Gasteiger partial charge in [0.1, 0.15) is 0 Å². The van der Waals surface area contributed by atoms with Gasteiger partial charge in [0.2, 0.25) is 0 Å². The molecule has 1 aliphatic rings. The van der Waals surface area contributed by atoms with E-state index in [0.717, 1.165) is 17.8 Å². The quantitative estimate of drug-likeness (QED) is 0.603. The maximum Gasteiger partial charge on any atom is -0.0300 e. The molecule has 1 saturated carbocycles. The Morgan fingerprint density at radius 3 is 2.21 bits per heavy atom. The van der Waals surface area contributed by atoms with E-state index in [4.69, 9.17) is 0 Å². The summed E-state index contributed by atoms with van der Waals surface area (Å²) in [4.78, 5) is 0. The van der Waals surface area contributed by atoms with E-state index in [0.29, 0.717) is 5.41 Å². The Morgan fingerprint density at radius 2 is 1.71 bits per heavy atom. The first kappa shape index (κ1) is 12.1. The Bertz CT molecular complexity index is 167. The van der Waals surface area contributed by atoms with Crippen LogP contribution in [0, 0.1) is 23.2 Å². The van der Waals surface area contributed by atoms with Crippen LogP contribution in [0.1, 0.15) is 66.7 Å². The molecule has 14 heavy (non-hydrogen) atoms. The lowest BCUT2D eigenvalue weighted by Gasteiger charge is -2.45. The molecule has 0 aliphatic heterocycles. The molecule has 2 unspecified atom stereocenters. The van der Waals surface area contributed by atoms with Crippen molar-refractivity contribution in [2.24, 2.45) is 23.2 Å². The summed E-state index contributed by atoms with van der Waals surface area (Å²) in [5.74, 6) is 2.79. The van der Waals surface area contributed by atoms with Crippen molar-refractivity contribution in [2.75, 3.05) is 0 Å². The molecule has 0 bridgehead atoms. The van der Waals surface area contributed by atoms with Gasteiger partial charge in [0.15, 0.2) is 0 Å². The first-order valence-corrected chi connectivity index (χ1v) is 6.50. The predicted molar refractivity (Wildman–Crippen MR) is 64.4 cm³/mol. The van der Waals surface area contributed by atoms with Crippen LogP contribution in [-0.2, 0) is 0 Å². The zero-order valence-corrected chi connectivity index (χ0v) is 10.8. The molecule has 0 aromatic carbocycles. The normalized spacial score (nSPS) is 29.6. The van der Waals surface area contributed by atoms with Crippen molar-refractivity contribution < 1.29 is 0 Å². The van der Waals surface area contributed by atoms with Gasteiger partial charge in [-0.05, 0) is 29.6 Å². The molecule has 1 fully saturated rings. The summed E-state index contributed by atoms with van der Waals surface area (Å²) in [5.41, 5.74) is 0.543. The van der Waals surface area contributed by atoms with Crippen molar-refractivity contribution in [1.29, 1.82) is 0 Å². The van der Waals surface area contributed by atoms with Gasteiger partial charge in [-0.3, -0.25) is 0 Å². The third-order valence-corrected chi connectivity index (χ3v) is 4.88. The Labute approximate surface area is 90.5 Å². The highest BCUT2D eigenvalue weighted by Crippen LogP contribution is 2.47. The van der Waals surface area contributed by atoms with Crippen LogP contribution < -0.4 is 0 Å². The molecule has 2 atom stereocenters. The second-order valence-corrected chi connectivity index (χ2v) is 6.04. The van der Waals surface area contributed by atoms with Crippen molar-refractivity contribution in [3.8, 4) is 0 Å². The molecule has 0 heteroatoms. The lowest BCUT2D eigenvalue weighted by Crippen LogP contribution is -2.36. The molecule has 0 N–H and O–H groups in total. The monoisotopic (exact) mass is 196 g/mol. The summed E-state index contributed by atoms with van der Waals surface area (Å²) in [6.45, 7) is 12.1. The highest BCUT2D eigenvalue weighted by Gasteiger charge is 2.37. The van der Waals surface area contributed by atoms with E-state index >= 15 is 0 Å². The van der Waals surface area contributed by atoms with Crippen molar-refractivity contribution in [2.45, 2.75) is 66.7 Å². The van der Waals surface area contributed by atoms with Crippen molar-refractivity contribution in [3.63, 3.8) is 0 Å². The lowest BCUT2D eigenvalue weighted by molar-refractivity contribution is 0.0494. The summed E-state index contributed by atoms with van der Waals surface area (Å²) >= 11 is 0. The lowest BCUT2D eigenvalue weighted by atomic mass is 9.61. The molecule has 1 rings (SSSR count). The fraction of sp³-hybridized carbons (Fsp3) is 1.00. The van der Waals surface area contributed by atoms with Crippen LogP contribution in [0.15, 0.2) is 0 Å². The summed E-state index contributed by atoms with van der Waals surface area (Å²) in [7, 11) is 0. The zero-order chi connectivity index (χ0) is 10.8. The van der Waals surface area contributed by atoms with E-state index in [1.807, 2.05) is 0 Å². The minimum absolute atomic E-state index is 0.543. The topological polar surface area (TPSA) is 0 Å². The van der Waals surface area contributed by atoms with Crippen LogP contribution in [0.4, 0.5) is 0 Å². The molecule has 1 aliphatic carbocycles. The minimum Gasteiger partial charge on any atom is -0.0651 e. The molecule has 0 saturated heterocycles. The summed E-state index contributed by atoms with van der Waals surface area (Å²) in [5, 5.41) is 0. The highest BCUT2D eigenvalue weighted by molar-refractivity contribution is 4.87. The Balaban J connectivity index is 2.72. The Hall–Kier alpha value is 0. The van der Waals surface area contributed by atoms with E-state index in [-0.39, 0.29) is 0 Å². The second kappa shape index (κ2) is 4.68. The summed E-state index contributed by atoms with van der Waals surface area (Å²) in [6, 6.07) is 0. The molecule has 0 aromatic rings. The third-order valence-electron chi connectivity index (χ3n) is 4.88. The molecule has 0 spiro atoms. The molecule has 0 radical (unpaired) electrons. The predicted octanol–water partition coefficient (Wildman–Crippen LogP) is 4.89. The van der Waals surface area contributed by atoms with Gasteiger partial charge >= 0.3 is 0 Å². The van der Waals surface area contributed by atoms with E-state index < -0.39 is 0 Å². The fourth-order valence-electron chi connectivity index (χ4n) is 3.10. The van der Waals surface area contributed by atoms with Crippen LogP contribution in [0.25, 0.3) is 0 Å². The Kier molecular flexibility index (Phi) is 4.04. The first-order chi connectivity index (χ1) is 6.50. The van der Waals surface area contributed by atoms with Crippen LogP contribution in [0.2, 0.25) is 0 Å². The van der Waals surface area contributed by atoms with Gasteiger partial charge in [0.05, 0.1) is 0 Å². The van der Waals surface area contributed by atoms with E-state index in [2.05, 4.69) is 34.6 Å². The van der Waals surface area contributed by atoms with Gasteiger partial charge in [-0.25, -0.2) is 0 Å². The van der Waals surface area contributed by atoms with Crippen LogP contribution in [0.5, 0.6) is 0 Å². The molecule has 84 valence electrons. The number of hydrogen-bond donors (Lipinski definition) is 0. The van der Waals surface area contributed by atoms with Gasteiger partial charge in [0.25, 0.3) is 0 Å². The SMILES string of the molecule is CCC1CCCCC1C(C)(C)C(C)C. The minimum atomic E-state index is 0.543. The van der Waals surface area contributed by atoms with Crippen molar-refractivity contribution in [3.05, 3.63) is 0 Å². The second-order valence-electron chi connectivity index (χ2n) is 6.04. The number of hydrogen-bond acceptors (Lipinski definition) is 0. The van der Waals surface area contributed by atoms with Crippen LogP contribution in [0.3, 0.4) is 0 Å². The highest BCUT2D eigenvalue weighted by atomic mass is 14.4. The molecule has 0 heterocycles. The average molecular weight is 196 g/mol. The summed E-state index contributed by atoms with van der Waals surface area (Å²) in [6.07, 6.45) is 7.29. The third kappa shape index (κ3) is 2.32. The van der Waals surface area contributed by atoms with Gasteiger partial charge in [-0.15, -0.1) is 0 Å². The molecule has 0 nitrogen and oxygen atoms in total. The molecule has 0 aromatic heterocycles. The molecular weight excluding hydrogens is 168 g/mol. The van der Waals surface area contributed by atoms with E-state index in [1.165, 1.54) is 32.1 Å². The first-order valence-electron chi connectivity index (χ1n) is 6.50. The van der Waals surface area contributed by atoms with Crippen molar-refractivity contribution in [1.82, 2.24) is 0 Å². The van der Waals surface area contributed by atoms with Gasteiger partial charge < -0.3 is 0 Å². The maximum absolute atomic E-state index is 2.48. The van der Waals surface area contributed by atoms with E-state index in [9.17, 15) is 0 Å². The Morgan fingerprint density at radius 1 is 1.14 bits per heavy atom. The zero-order valence-electron chi connectivity index (χ0n) is 10.8. The van der Waals surface area contributed by atoms with Crippen LogP contribution in [-0.4, -0.2) is 0 Å². The van der Waals surface area contributed by atoms with Gasteiger partial charge in [-0.2, -0.15) is 0 Å². The standard InChI is InChI=1S/C14H28/c1-6-12-9-7-8-10-13(12)14(4,5)11(2)3/h11-13H,6-10H2,1-5H3. The number of rotatable bonds is 3. The summed E-state index contributed by atoms with van der Waals surface area (Å²) < 4.78 is 0. The van der Waals surface area contributed by atoms with E-state index in [1.54, 1.807) is 0 Å². The maximum atomic E-state index is 2.48.